The predicted molar refractivity (Wildman–Crippen MR) is 103 cm³/mol. The molecule has 0 radical (unpaired) electrons. The molecule has 6 nitrogen and oxygen atoms in total. The highest BCUT2D eigenvalue weighted by Crippen LogP contribution is 2.37. The molecular formula is C17H26Cl2N4O2. The molecule has 1 rings (SSSR count). The van der Waals surface area contributed by atoms with Gasteiger partial charge in [-0.05, 0) is 36.5 Å². The van der Waals surface area contributed by atoms with Crippen molar-refractivity contribution in [3.63, 3.8) is 0 Å². The third kappa shape index (κ3) is 6.63. The van der Waals surface area contributed by atoms with E-state index in [9.17, 15) is 4.79 Å². The summed E-state index contributed by atoms with van der Waals surface area (Å²) in [4.78, 5) is 12.4. The van der Waals surface area contributed by atoms with Crippen LogP contribution >= 0.6 is 23.2 Å². The Morgan fingerprint density at radius 2 is 2.00 bits per heavy atom. The van der Waals surface area contributed by atoms with Gasteiger partial charge in [-0.3, -0.25) is 4.79 Å². The summed E-state index contributed by atoms with van der Waals surface area (Å²) in [6, 6.07) is 3.41. The summed E-state index contributed by atoms with van der Waals surface area (Å²) in [7, 11) is 0. The van der Waals surface area contributed by atoms with Gasteiger partial charge in [-0.25, -0.2) is 5.01 Å². The monoisotopic (exact) mass is 388 g/mol. The molecule has 0 bridgehead atoms. The van der Waals surface area contributed by atoms with Gasteiger partial charge >= 0.3 is 0 Å². The lowest BCUT2D eigenvalue weighted by molar-refractivity contribution is -0.133. The number of halogens is 2. The molecule has 0 fully saturated rings. The van der Waals surface area contributed by atoms with E-state index in [4.69, 9.17) is 39.4 Å². The third-order valence-electron chi connectivity index (χ3n) is 3.77. The summed E-state index contributed by atoms with van der Waals surface area (Å²) in [5, 5.41) is 5.99. The molecule has 0 aromatic heterocycles. The van der Waals surface area contributed by atoms with Gasteiger partial charge in [0.1, 0.15) is 5.75 Å². The fraction of sp³-hybridized carbons (Fsp3) is 0.529. The summed E-state index contributed by atoms with van der Waals surface area (Å²) in [5.41, 5.74) is 11.7. The molecule has 4 N–H and O–H groups in total. The Bertz CT molecular complexity index is 619. The summed E-state index contributed by atoms with van der Waals surface area (Å²) in [6.45, 7) is 6.32. The molecule has 0 heterocycles. The highest BCUT2D eigenvalue weighted by molar-refractivity contribution is 6.35. The van der Waals surface area contributed by atoms with Crippen molar-refractivity contribution in [1.29, 1.82) is 0 Å². The molecule has 140 valence electrons. The molecule has 1 atom stereocenters. The molecule has 0 spiro atoms. The van der Waals surface area contributed by atoms with Crippen LogP contribution in [0.25, 0.3) is 0 Å². The van der Waals surface area contributed by atoms with E-state index in [2.05, 4.69) is 12.0 Å². The van der Waals surface area contributed by atoms with Crippen LogP contribution in [-0.4, -0.2) is 30.0 Å². The Morgan fingerprint density at radius 3 is 2.56 bits per heavy atom. The standard InChI is InChI=1S/C17H26Cl2N4O2/c1-4-6-7-23(22-17(20)21)15(24)10-25-16-13(11(3)5-2)8-12(18)9-14(16)19/h8-9,11H,4-7,10H2,1-3H3,(H4,20,21,22). The number of carbonyl (C=O) groups excluding carboxylic acids is 1. The van der Waals surface area contributed by atoms with Crippen LogP contribution in [0, 0.1) is 0 Å². The minimum absolute atomic E-state index is 0.172. The molecule has 0 saturated carbocycles. The molecule has 25 heavy (non-hydrogen) atoms. The Hall–Kier alpha value is -1.66. The highest BCUT2D eigenvalue weighted by Gasteiger charge is 2.19. The molecule has 1 aromatic rings. The number of amides is 1. The maximum Gasteiger partial charge on any atom is 0.280 e. The van der Waals surface area contributed by atoms with Gasteiger partial charge in [-0.1, -0.05) is 50.4 Å². The fourth-order valence-corrected chi connectivity index (χ4v) is 2.77. The molecule has 1 unspecified atom stereocenters. The molecule has 8 heteroatoms. The van der Waals surface area contributed by atoms with Gasteiger partial charge < -0.3 is 16.2 Å². The zero-order chi connectivity index (χ0) is 19.0. The average molecular weight is 389 g/mol. The second-order valence-electron chi connectivity index (χ2n) is 5.80. The Kier molecular flexibility index (Phi) is 8.86. The minimum Gasteiger partial charge on any atom is -0.482 e. The topological polar surface area (TPSA) is 93.9 Å². The van der Waals surface area contributed by atoms with Crippen molar-refractivity contribution in [2.45, 2.75) is 46.0 Å². The Balaban J connectivity index is 2.95. The molecule has 1 aromatic carbocycles. The van der Waals surface area contributed by atoms with E-state index >= 15 is 0 Å². The van der Waals surface area contributed by atoms with Crippen molar-refractivity contribution >= 4 is 35.1 Å². The lowest BCUT2D eigenvalue weighted by atomic mass is 9.98. The molecule has 1 amide bonds. The van der Waals surface area contributed by atoms with Crippen LogP contribution in [0.3, 0.4) is 0 Å². The van der Waals surface area contributed by atoms with Crippen LogP contribution in [0.1, 0.15) is 51.5 Å². The quantitative estimate of drug-likeness (QED) is 0.383. The number of guanidine groups is 1. The predicted octanol–water partition coefficient (Wildman–Crippen LogP) is 3.70. The van der Waals surface area contributed by atoms with E-state index in [1.54, 1.807) is 6.07 Å². The molecule has 0 aliphatic carbocycles. The first-order chi connectivity index (χ1) is 11.8. The first-order valence-corrected chi connectivity index (χ1v) is 9.07. The van der Waals surface area contributed by atoms with Crippen molar-refractivity contribution in [2.75, 3.05) is 13.2 Å². The summed E-state index contributed by atoms with van der Waals surface area (Å²) in [5.74, 6) is 0.140. The number of hydrogen-bond donors (Lipinski definition) is 2. The normalized spacial score (nSPS) is 11.7. The van der Waals surface area contributed by atoms with Crippen molar-refractivity contribution in [1.82, 2.24) is 5.01 Å². The number of nitrogens with zero attached hydrogens (tertiary/aromatic N) is 2. The van der Waals surface area contributed by atoms with Gasteiger partial charge in [-0.2, -0.15) is 0 Å². The number of hydrazone groups is 1. The summed E-state index contributed by atoms with van der Waals surface area (Å²) < 4.78 is 5.72. The number of benzene rings is 1. The zero-order valence-electron chi connectivity index (χ0n) is 14.9. The Morgan fingerprint density at radius 1 is 1.32 bits per heavy atom. The van der Waals surface area contributed by atoms with Crippen LogP contribution in [0.2, 0.25) is 10.0 Å². The van der Waals surface area contributed by atoms with Crippen LogP contribution in [-0.2, 0) is 4.79 Å². The SMILES string of the molecule is CCCCN(N=C(N)N)C(=O)COc1c(Cl)cc(Cl)cc1C(C)CC. The second kappa shape index (κ2) is 10.4. The summed E-state index contributed by atoms with van der Waals surface area (Å²) in [6.07, 6.45) is 2.58. The van der Waals surface area contributed by atoms with Gasteiger partial charge in [0.05, 0.1) is 5.02 Å². The van der Waals surface area contributed by atoms with Crippen LogP contribution in [0.15, 0.2) is 17.2 Å². The van der Waals surface area contributed by atoms with Crippen LogP contribution in [0.4, 0.5) is 0 Å². The smallest absolute Gasteiger partial charge is 0.280 e. The van der Waals surface area contributed by atoms with Crippen molar-refractivity contribution < 1.29 is 9.53 Å². The first kappa shape index (κ1) is 21.4. The van der Waals surface area contributed by atoms with Crippen molar-refractivity contribution in [2.24, 2.45) is 16.6 Å². The lowest BCUT2D eigenvalue weighted by Crippen LogP contribution is -2.36. The van der Waals surface area contributed by atoms with Gasteiger partial charge in [0, 0.05) is 11.6 Å². The Labute approximate surface area is 159 Å². The molecular weight excluding hydrogens is 363 g/mol. The second-order valence-corrected chi connectivity index (χ2v) is 6.64. The fourth-order valence-electron chi connectivity index (χ4n) is 2.20. The van der Waals surface area contributed by atoms with Crippen molar-refractivity contribution in [3.05, 3.63) is 27.7 Å². The molecule has 0 saturated heterocycles. The van der Waals surface area contributed by atoms with Crippen molar-refractivity contribution in [3.8, 4) is 5.75 Å². The number of hydrogen-bond acceptors (Lipinski definition) is 3. The van der Waals surface area contributed by atoms with E-state index in [1.807, 2.05) is 19.9 Å². The van der Waals surface area contributed by atoms with E-state index in [0.29, 0.717) is 22.3 Å². The third-order valence-corrected chi connectivity index (χ3v) is 4.27. The molecule has 0 aliphatic heterocycles. The van der Waals surface area contributed by atoms with Crippen LogP contribution in [0.5, 0.6) is 5.75 Å². The largest absolute Gasteiger partial charge is 0.482 e. The number of carbonyl (C=O) groups is 1. The average Bonchev–Trinajstić information content (AvgIpc) is 2.55. The van der Waals surface area contributed by atoms with Crippen LogP contribution < -0.4 is 16.2 Å². The van der Waals surface area contributed by atoms with Gasteiger partial charge in [-0.15, -0.1) is 5.10 Å². The van der Waals surface area contributed by atoms with E-state index in [0.717, 1.165) is 24.8 Å². The van der Waals surface area contributed by atoms with E-state index in [-0.39, 0.29) is 24.4 Å². The summed E-state index contributed by atoms with van der Waals surface area (Å²) >= 11 is 12.4. The first-order valence-electron chi connectivity index (χ1n) is 8.31. The van der Waals surface area contributed by atoms with E-state index < -0.39 is 0 Å². The van der Waals surface area contributed by atoms with Gasteiger partial charge in [0.2, 0.25) is 5.96 Å². The molecule has 0 aliphatic rings. The minimum atomic E-state index is -0.344. The number of ether oxygens (including phenoxy) is 1. The number of nitrogens with two attached hydrogens (primary N) is 2. The van der Waals surface area contributed by atoms with E-state index in [1.165, 1.54) is 5.01 Å². The maximum absolute atomic E-state index is 12.4. The number of unbranched alkanes of at least 4 members (excludes halogenated alkanes) is 1. The number of rotatable bonds is 9. The lowest BCUT2D eigenvalue weighted by Gasteiger charge is -2.20. The zero-order valence-corrected chi connectivity index (χ0v) is 16.4. The van der Waals surface area contributed by atoms with Gasteiger partial charge in [0.15, 0.2) is 6.61 Å². The maximum atomic E-state index is 12.4. The highest BCUT2D eigenvalue weighted by atomic mass is 35.5. The van der Waals surface area contributed by atoms with Gasteiger partial charge in [0.25, 0.3) is 5.91 Å².